The zero-order valence-electron chi connectivity index (χ0n) is 9.39. The number of aliphatic hydroxyl groups is 1. The molecule has 0 aliphatic heterocycles. The van der Waals surface area contributed by atoms with E-state index in [4.69, 9.17) is 17.3 Å². The van der Waals surface area contributed by atoms with E-state index in [2.05, 4.69) is 0 Å². The molecule has 0 aliphatic rings. The van der Waals surface area contributed by atoms with E-state index in [1.807, 2.05) is 6.07 Å². The van der Waals surface area contributed by atoms with Crippen LogP contribution in [0.5, 0.6) is 0 Å². The summed E-state index contributed by atoms with van der Waals surface area (Å²) in [6.45, 7) is 1.38. The summed E-state index contributed by atoms with van der Waals surface area (Å²) in [5.74, 6) is -0.212. The Balaban J connectivity index is 0.00000256. The van der Waals surface area contributed by atoms with Gasteiger partial charge in [0, 0.05) is 23.6 Å². The smallest absolute Gasteiger partial charge is 0.155 e. The molecule has 0 bridgehead atoms. The number of benzene rings is 1. The van der Waals surface area contributed by atoms with Crippen molar-refractivity contribution in [1.82, 2.24) is 0 Å². The Bertz CT molecular complexity index is 419. The van der Waals surface area contributed by atoms with Crippen molar-refractivity contribution >= 4 is 29.8 Å². The van der Waals surface area contributed by atoms with Gasteiger partial charge in [-0.1, -0.05) is 23.7 Å². The highest BCUT2D eigenvalue weighted by atomic mass is 35.5. The first-order valence-corrected chi connectivity index (χ1v) is 5.28. The third-order valence-corrected chi connectivity index (χ3v) is 2.31. The molecule has 0 aliphatic carbocycles. The standard InChI is InChI=1S/C12H14ClNO2.ClH/c1-8(15)5-11(16)7-12(14)9-3-2-4-10(13)6-9;/h2-6,12,16H,7,14H2,1H3;1H. The molecule has 0 fully saturated rings. The minimum Gasteiger partial charge on any atom is -0.512 e. The zero-order valence-corrected chi connectivity index (χ0v) is 11.0. The normalized spacial score (nSPS) is 12.8. The van der Waals surface area contributed by atoms with E-state index in [1.165, 1.54) is 13.0 Å². The van der Waals surface area contributed by atoms with Gasteiger partial charge in [-0.25, -0.2) is 0 Å². The fraction of sp³-hybridized carbons (Fsp3) is 0.250. The molecule has 0 saturated heterocycles. The molecule has 3 nitrogen and oxygen atoms in total. The highest BCUT2D eigenvalue weighted by Gasteiger charge is 2.09. The van der Waals surface area contributed by atoms with E-state index in [0.717, 1.165) is 5.56 Å². The van der Waals surface area contributed by atoms with Crippen LogP contribution in [-0.4, -0.2) is 10.9 Å². The van der Waals surface area contributed by atoms with Gasteiger partial charge in [-0.3, -0.25) is 4.79 Å². The number of allylic oxidation sites excluding steroid dienone is 1. The third-order valence-electron chi connectivity index (χ3n) is 2.08. The molecule has 0 heterocycles. The lowest BCUT2D eigenvalue weighted by Gasteiger charge is -2.11. The molecule has 1 atom stereocenters. The first-order valence-electron chi connectivity index (χ1n) is 4.90. The van der Waals surface area contributed by atoms with E-state index in [-0.39, 0.29) is 36.4 Å². The number of carbonyl (C=O) groups is 1. The first kappa shape index (κ1) is 16.0. The van der Waals surface area contributed by atoms with Crippen molar-refractivity contribution in [3.05, 3.63) is 46.7 Å². The van der Waals surface area contributed by atoms with Crippen LogP contribution in [0.15, 0.2) is 36.1 Å². The molecule has 0 spiro atoms. The Hall–Kier alpha value is -1.03. The van der Waals surface area contributed by atoms with Gasteiger partial charge in [0.05, 0.1) is 5.76 Å². The Labute approximate surface area is 112 Å². The molecule has 3 N–H and O–H groups in total. The summed E-state index contributed by atoms with van der Waals surface area (Å²) in [6.07, 6.45) is 1.39. The number of carbonyl (C=O) groups excluding carboxylic acids is 1. The number of hydrogen-bond acceptors (Lipinski definition) is 3. The van der Waals surface area contributed by atoms with E-state index < -0.39 is 0 Å². The number of aliphatic hydroxyl groups excluding tert-OH is 1. The number of rotatable bonds is 4. The highest BCUT2D eigenvalue weighted by Crippen LogP contribution is 2.20. The largest absolute Gasteiger partial charge is 0.512 e. The predicted molar refractivity (Wildman–Crippen MR) is 71.6 cm³/mol. The average Bonchev–Trinajstić information content (AvgIpc) is 2.16. The summed E-state index contributed by atoms with van der Waals surface area (Å²) in [4.78, 5) is 10.7. The minimum atomic E-state index is -0.366. The molecule has 1 rings (SSSR count). The molecule has 5 heteroatoms. The molecule has 0 amide bonds. The first-order chi connectivity index (χ1) is 7.49. The van der Waals surface area contributed by atoms with Gasteiger partial charge >= 0.3 is 0 Å². The van der Waals surface area contributed by atoms with E-state index in [1.54, 1.807) is 18.2 Å². The number of nitrogens with two attached hydrogens (primary N) is 1. The molecule has 17 heavy (non-hydrogen) atoms. The third kappa shape index (κ3) is 5.73. The van der Waals surface area contributed by atoms with Crippen molar-refractivity contribution in [2.45, 2.75) is 19.4 Å². The van der Waals surface area contributed by atoms with Crippen molar-refractivity contribution < 1.29 is 9.90 Å². The van der Waals surface area contributed by atoms with Crippen LogP contribution in [0.3, 0.4) is 0 Å². The predicted octanol–water partition coefficient (Wildman–Crippen LogP) is 3.18. The van der Waals surface area contributed by atoms with Gasteiger partial charge in [0.1, 0.15) is 0 Å². The second kappa shape index (κ2) is 7.33. The summed E-state index contributed by atoms with van der Waals surface area (Å²) < 4.78 is 0. The van der Waals surface area contributed by atoms with Gasteiger partial charge in [0.2, 0.25) is 0 Å². The fourth-order valence-electron chi connectivity index (χ4n) is 1.37. The number of halogens is 2. The van der Waals surface area contributed by atoms with Crippen LogP contribution in [0.25, 0.3) is 0 Å². The molecular weight excluding hydrogens is 261 g/mol. The van der Waals surface area contributed by atoms with Crippen molar-refractivity contribution in [1.29, 1.82) is 0 Å². The van der Waals surface area contributed by atoms with Crippen LogP contribution in [0.1, 0.15) is 24.9 Å². The number of hydrogen-bond donors (Lipinski definition) is 2. The molecule has 1 unspecified atom stereocenters. The zero-order chi connectivity index (χ0) is 12.1. The van der Waals surface area contributed by atoms with E-state index >= 15 is 0 Å². The maximum atomic E-state index is 10.7. The topological polar surface area (TPSA) is 63.3 Å². The van der Waals surface area contributed by atoms with Crippen LogP contribution in [0.2, 0.25) is 5.02 Å². The Morgan fingerprint density at radius 1 is 1.59 bits per heavy atom. The Kier molecular flexibility index (Phi) is 6.88. The molecule has 94 valence electrons. The van der Waals surface area contributed by atoms with E-state index in [0.29, 0.717) is 5.02 Å². The lowest BCUT2D eigenvalue weighted by molar-refractivity contribution is -0.112. The maximum Gasteiger partial charge on any atom is 0.155 e. The lowest BCUT2D eigenvalue weighted by Crippen LogP contribution is -2.11. The monoisotopic (exact) mass is 275 g/mol. The molecule has 0 aromatic heterocycles. The van der Waals surface area contributed by atoms with Crippen molar-refractivity contribution in [2.24, 2.45) is 5.73 Å². The van der Waals surface area contributed by atoms with Crippen molar-refractivity contribution in [2.75, 3.05) is 0 Å². The van der Waals surface area contributed by atoms with Crippen molar-refractivity contribution in [3.8, 4) is 0 Å². The summed E-state index contributed by atoms with van der Waals surface area (Å²) in [5, 5.41) is 10.0. The minimum absolute atomic E-state index is 0. The summed E-state index contributed by atoms with van der Waals surface area (Å²) >= 11 is 5.82. The van der Waals surface area contributed by atoms with Gasteiger partial charge in [-0.2, -0.15) is 0 Å². The Morgan fingerprint density at radius 3 is 2.76 bits per heavy atom. The van der Waals surface area contributed by atoms with Crippen LogP contribution in [-0.2, 0) is 4.79 Å². The SMILES string of the molecule is CC(=O)C=C(O)CC(N)c1cccc(Cl)c1.Cl. The number of ketones is 1. The van der Waals surface area contributed by atoms with Crippen molar-refractivity contribution in [3.63, 3.8) is 0 Å². The van der Waals surface area contributed by atoms with Gasteiger partial charge in [0.15, 0.2) is 5.78 Å². The second-order valence-corrected chi connectivity index (χ2v) is 4.05. The van der Waals surface area contributed by atoms with Crippen LogP contribution < -0.4 is 5.73 Å². The van der Waals surface area contributed by atoms with E-state index in [9.17, 15) is 9.90 Å². The molecule has 0 radical (unpaired) electrons. The van der Waals surface area contributed by atoms with Gasteiger partial charge in [-0.05, 0) is 24.6 Å². The van der Waals surface area contributed by atoms with Crippen LogP contribution in [0.4, 0.5) is 0 Å². The van der Waals surface area contributed by atoms with Crippen LogP contribution in [0, 0.1) is 0 Å². The van der Waals surface area contributed by atoms with Crippen LogP contribution >= 0.6 is 24.0 Å². The Morgan fingerprint density at radius 2 is 2.24 bits per heavy atom. The maximum absolute atomic E-state index is 10.7. The highest BCUT2D eigenvalue weighted by molar-refractivity contribution is 6.30. The molecule has 0 saturated carbocycles. The van der Waals surface area contributed by atoms with Gasteiger partial charge < -0.3 is 10.8 Å². The summed E-state index contributed by atoms with van der Waals surface area (Å²) in [5.41, 5.74) is 6.70. The molecule has 1 aromatic carbocycles. The molecular formula is C12H15Cl2NO2. The van der Waals surface area contributed by atoms with Gasteiger partial charge in [0.25, 0.3) is 0 Å². The van der Waals surface area contributed by atoms with Gasteiger partial charge in [-0.15, -0.1) is 12.4 Å². The average molecular weight is 276 g/mol. The summed E-state index contributed by atoms with van der Waals surface area (Å²) in [7, 11) is 0. The lowest BCUT2D eigenvalue weighted by atomic mass is 10.0. The fourth-order valence-corrected chi connectivity index (χ4v) is 1.57. The summed E-state index contributed by atoms with van der Waals surface area (Å²) in [6, 6.07) is 6.76. The quantitative estimate of drug-likeness (QED) is 0.655. The molecule has 1 aromatic rings. The second-order valence-electron chi connectivity index (χ2n) is 3.61.